The summed E-state index contributed by atoms with van der Waals surface area (Å²) in [6.45, 7) is 2.00. The molecule has 0 fully saturated rings. The normalized spacial score (nSPS) is 11.2. The van der Waals surface area contributed by atoms with Gasteiger partial charge in [0, 0.05) is 29.5 Å². The van der Waals surface area contributed by atoms with Crippen LogP contribution >= 0.6 is 0 Å². The maximum Gasteiger partial charge on any atom is 0.429 e. The highest BCUT2D eigenvalue weighted by atomic mass is 19.3. The minimum Gasteiger partial charge on any atom is -0.429 e. The summed E-state index contributed by atoms with van der Waals surface area (Å²) in [5.74, 6) is -6.03. The Morgan fingerprint density at radius 2 is 1.44 bits per heavy atom. The lowest BCUT2D eigenvalue weighted by Crippen LogP contribution is -2.23. The molecule has 0 radical (unpaired) electrons. The van der Waals surface area contributed by atoms with Crippen LogP contribution < -0.4 is 4.74 Å². The fourth-order valence-electron chi connectivity index (χ4n) is 3.64. The van der Waals surface area contributed by atoms with Crippen molar-refractivity contribution in [1.82, 2.24) is 4.98 Å². The van der Waals surface area contributed by atoms with E-state index in [0.29, 0.717) is 30.0 Å². The van der Waals surface area contributed by atoms with Crippen LogP contribution in [0.4, 0.5) is 35.1 Å². The van der Waals surface area contributed by atoms with Crippen LogP contribution in [-0.2, 0) is 12.5 Å². The Balaban J connectivity index is 1.56. The van der Waals surface area contributed by atoms with Crippen LogP contribution in [0.1, 0.15) is 35.6 Å². The van der Waals surface area contributed by atoms with Crippen molar-refractivity contribution in [2.75, 3.05) is 0 Å². The highest BCUT2D eigenvalue weighted by Gasteiger charge is 2.38. The van der Waals surface area contributed by atoms with E-state index in [0.717, 1.165) is 30.5 Å². The second kappa shape index (κ2) is 11.2. The largest absolute Gasteiger partial charge is 0.429 e. The standard InChI is InChI=1S/C29H17F8NO/c1-2-3-16-5-9-27(38-15-16)18-6-8-21(24(32)12-18)29(36,37)39-19-13-22(30)20(23(31)14-19)7-4-17-10-25(33)28(35)26(34)11-17/h5-6,8-15H,2-3H2,1H3. The molecule has 1 heterocycles. The second-order valence-electron chi connectivity index (χ2n) is 8.38. The molecule has 0 atom stereocenters. The van der Waals surface area contributed by atoms with Crippen LogP contribution in [0.5, 0.6) is 5.75 Å². The zero-order valence-corrected chi connectivity index (χ0v) is 20.1. The molecule has 0 saturated heterocycles. The molecule has 0 saturated carbocycles. The van der Waals surface area contributed by atoms with E-state index >= 15 is 0 Å². The van der Waals surface area contributed by atoms with Gasteiger partial charge in [0.25, 0.3) is 0 Å². The molecule has 2 nitrogen and oxygen atoms in total. The van der Waals surface area contributed by atoms with Gasteiger partial charge in [0.15, 0.2) is 17.5 Å². The third-order valence-corrected chi connectivity index (χ3v) is 5.52. The van der Waals surface area contributed by atoms with Gasteiger partial charge in [0.05, 0.1) is 16.8 Å². The summed E-state index contributed by atoms with van der Waals surface area (Å²) >= 11 is 0. The fraction of sp³-hybridized carbons (Fsp3) is 0.138. The van der Waals surface area contributed by atoms with Gasteiger partial charge in [-0.2, -0.15) is 8.78 Å². The predicted molar refractivity (Wildman–Crippen MR) is 127 cm³/mol. The van der Waals surface area contributed by atoms with Crippen molar-refractivity contribution >= 4 is 0 Å². The maximum atomic E-state index is 14.8. The molecular formula is C29H17F8NO. The van der Waals surface area contributed by atoms with E-state index in [1.165, 1.54) is 6.07 Å². The Morgan fingerprint density at radius 3 is 2.00 bits per heavy atom. The van der Waals surface area contributed by atoms with Crippen LogP contribution in [-0.4, -0.2) is 4.98 Å². The lowest BCUT2D eigenvalue weighted by atomic mass is 10.1. The molecule has 0 N–H and O–H groups in total. The number of hydrogen-bond donors (Lipinski definition) is 0. The fourth-order valence-corrected chi connectivity index (χ4v) is 3.64. The Kier molecular flexibility index (Phi) is 7.90. The van der Waals surface area contributed by atoms with Gasteiger partial charge in [-0.3, -0.25) is 4.98 Å². The van der Waals surface area contributed by atoms with Crippen LogP contribution in [0.25, 0.3) is 11.3 Å². The summed E-state index contributed by atoms with van der Waals surface area (Å²) in [6.07, 6.45) is -1.01. The number of benzene rings is 3. The first-order valence-electron chi connectivity index (χ1n) is 11.5. The Morgan fingerprint density at radius 1 is 0.769 bits per heavy atom. The van der Waals surface area contributed by atoms with Crippen LogP contribution in [0, 0.1) is 46.7 Å². The smallest absolute Gasteiger partial charge is 0.429 e. The molecule has 0 spiro atoms. The molecule has 39 heavy (non-hydrogen) atoms. The number of aryl methyl sites for hydroxylation is 1. The summed E-state index contributed by atoms with van der Waals surface area (Å²) in [5, 5.41) is 0. The van der Waals surface area contributed by atoms with Gasteiger partial charge >= 0.3 is 6.11 Å². The molecule has 4 aromatic rings. The molecule has 3 aromatic carbocycles. The molecule has 200 valence electrons. The van der Waals surface area contributed by atoms with E-state index in [1.54, 1.807) is 18.3 Å². The van der Waals surface area contributed by atoms with Crippen LogP contribution in [0.2, 0.25) is 0 Å². The van der Waals surface area contributed by atoms with E-state index in [9.17, 15) is 35.1 Å². The first-order valence-corrected chi connectivity index (χ1v) is 11.5. The molecule has 0 bridgehead atoms. The van der Waals surface area contributed by atoms with Crippen molar-refractivity contribution in [3.8, 4) is 28.8 Å². The van der Waals surface area contributed by atoms with Crippen molar-refractivity contribution in [2.45, 2.75) is 25.9 Å². The van der Waals surface area contributed by atoms with Crippen molar-refractivity contribution in [3.05, 3.63) is 118 Å². The van der Waals surface area contributed by atoms with Crippen molar-refractivity contribution in [1.29, 1.82) is 0 Å². The molecule has 4 rings (SSSR count). The van der Waals surface area contributed by atoms with Gasteiger partial charge in [-0.1, -0.05) is 37.3 Å². The van der Waals surface area contributed by atoms with E-state index in [1.807, 2.05) is 12.8 Å². The first kappa shape index (κ1) is 27.6. The number of nitrogens with zero attached hydrogens (tertiary/aromatic N) is 1. The topological polar surface area (TPSA) is 22.1 Å². The zero-order chi connectivity index (χ0) is 28.3. The van der Waals surface area contributed by atoms with Gasteiger partial charge in [-0.25, -0.2) is 26.3 Å². The second-order valence-corrected chi connectivity index (χ2v) is 8.38. The highest BCUT2D eigenvalue weighted by Crippen LogP contribution is 2.35. The molecule has 0 amide bonds. The number of rotatable bonds is 6. The highest BCUT2D eigenvalue weighted by molar-refractivity contribution is 5.60. The summed E-state index contributed by atoms with van der Waals surface area (Å²) in [6, 6.07) is 8.05. The quantitative estimate of drug-likeness (QED) is 0.138. The van der Waals surface area contributed by atoms with Crippen molar-refractivity contribution < 1.29 is 39.9 Å². The molecule has 1 aromatic heterocycles. The van der Waals surface area contributed by atoms with Gasteiger partial charge in [0.2, 0.25) is 0 Å². The number of alkyl halides is 2. The van der Waals surface area contributed by atoms with E-state index in [4.69, 9.17) is 0 Å². The van der Waals surface area contributed by atoms with Crippen LogP contribution in [0.3, 0.4) is 0 Å². The van der Waals surface area contributed by atoms with Crippen molar-refractivity contribution in [2.24, 2.45) is 0 Å². The third kappa shape index (κ3) is 6.20. The zero-order valence-electron chi connectivity index (χ0n) is 20.1. The first-order chi connectivity index (χ1) is 18.5. The number of ether oxygens (including phenoxy) is 1. The summed E-state index contributed by atoms with van der Waals surface area (Å²) in [5.41, 5.74) is -0.980. The van der Waals surface area contributed by atoms with E-state index < -0.39 is 63.5 Å². The van der Waals surface area contributed by atoms with Gasteiger partial charge < -0.3 is 4.74 Å². The van der Waals surface area contributed by atoms with Gasteiger partial charge in [-0.05, 0) is 42.3 Å². The van der Waals surface area contributed by atoms with Gasteiger partial charge in [-0.15, -0.1) is 0 Å². The summed E-state index contributed by atoms with van der Waals surface area (Å²) in [7, 11) is 0. The predicted octanol–water partition coefficient (Wildman–Crippen LogP) is 8.06. The lowest BCUT2D eigenvalue weighted by molar-refractivity contribution is -0.187. The molecule has 0 aliphatic carbocycles. The van der Waals surface area contributed by atoms with Crippen LogP contribution in [0.15, 0.2) is 60.8 Å². The minimum absolute atomic E-state index is 0.232. The minimum atomic E-state index is -4.32. The lowest BCUT2D eigenvalue weighted by Gasteiger charge is -2.19. The SMILES string of the molecule is CCCc1ccc(-c2ccc(C(F)(F)Oc3cc(F)c(C#Cc4cc(F)c(F)c(F)c4)c(F)c3)c(F)c2)nc1. The summed E-state index contributed by atoms with van der Waals surface area (Å²) < 4.78 is 117. The molecular weight excluding hydrogens is 530 g/mol. The monoisotopic (exact) mass is 547 g/mol. The Bertz CT molecular complexity index is 1540. The average molecular weight is 547 g/mol. The molecule has 10 heteroatoms. The Hall–Kier alpha value is -4.39. The molecule has 0 aliphatic rings. The average Bonchev–Trinajstić information content (AvgIpc) is 2.87. The molecule has 0 aliphatic heterocycles. The van der Waals surface area contributed by atoms with E-state index in [2.05, 4.69) is 15.6 Å². The molecule has 0 unspecified atom stereocenters. The number of halogens is 8. The van der Waals surface area contributed by atoms with Gasteiger partial charge in [0.1, 0.15) is 23.2 Å². The summed E-state index contributed by atoms with van der Waals surface area (Å²) in [4.78, 5) is 4.21. The third-order valence-electron chi connectivity index (χ3n) is 5.52. The number of aromatic nitrogens is 1. The van der Waals surface area contributed by atoms with E-state index in [-0.39, 0.29) is 5.56 Å². The Labute approximate surface area is 217 Å². The number of hydrogen-bond acceptors (Lipinski definition) is 2. The van der Waals surface area contributed by atoms with Crippen molar-refractivity contribution in [3.63, 3.8) is 0 Å². The number of pyridine rings is 1. The maximum absolute atomic E-state index is 14.8.